The van der Waals surface area contributed by atoms with Gasteiger partial charge in [-0.1, -0.05) is 0 Å². The Kier molecular flexibility index (Phi) is 2.67. The third-order valence-electron chi connectivity index (χ3n) is 3.21. The van der Waals surface area contributed by atoms with Crippen LogP contribution < -0.4 is 0 Å². The molecule has 1 aromatic heterocycles. The van der Waals surface area contributed by atoms with Crippen LogP contribution in [0, 0.1) is 0 Å². The predicted molar refractivity (Wildman–Crippen MR) is 63.5 cm³/mol. The fraction of sp³-hybridized carbons (Fsp3) is 0.308. The number of halogens is 3. The fourth-order valence-electron chi connectivity index (χ4n) is 2.09. The highest BCUT2D eigenvalue weighted by Gasteiger charge is 2.33. The molecule has 1 heterocycles. The Labute approximate surface area is 111 Å². The maximum Gasteiger partial charge on any atom is 0.416 e. The topological polar surface area (TPSA) is 63.1 Å². The van der Waals surface area contributed by atoms with Gasteiger partial charge in [-0.15, -0.1) is 0 Å². The lowest BCUT2D eigenvalue weighted by Gasteiger charge is -2.10. The van der Waals surface area contributed by atoms with E-state index in [1.807, 2.05) is 0 Å². The lowest BCUT2D eigenvalue weighted by Crippen LogP contribution is -2.09. The molecule has 0 atom stereocenters. The van der Waals surface area contributed by atoms with E-state index < -0.39 is 17.7 Å². The number of hydrogen-bond acceptors (Lipinski definition) is 3. The number of benzene rings is 1. The average Bonchev–Trinajstić information content (AvgIpc) is 3.19. The van der Waals surface area contributed by atoms with Crippen LogP contribution in [0.2, 0.25) is 0 Å². The molecule has 0 aliphatic heterocycles. The molecule has 1 N–H and O–H groups in total. The number of alkyl halides is 3. The van der Waals surface area contributed by atoms with Gasteiger partial charge in [0.15, 0.2) is 0 Å². The van der Waals surface area contributed by atoms with E-state index in [4.69, 9.17) is 5.11 Å². The lowest BCUT2D eigenvalue weighted by atomic mass is 10.1. The van der Waals surface area contributed by atoms with E-state index in [1.54, 1.807) is 0 Å². The normalized spacial score (nSPS) is 15.6. The number of carbonyl (C=O) groups is 1. The molecular formula is C13H9F3N2O2. The molecule has 1 aromatic carbocycles. The summed E-state index contributed by atoms with van der Waals surface area (Å²) >= 11 is 0. The van der Waals surface area contributed by atoms with Crippen LogP contribution in [0.3, 0.4) is 0 Å². The van der Waals surface area contributed by atoms with E-state index in [-0.39, 0.29) is 22.6 Å². The van der Waals surface area contributed by atoms with Crippen molar-refractivity contribution in [1.82, 2.24) is 9.97 Å². The number of carboxylic acids is 1. The maximum atomic E-state index is 12.7. The third-order valence-corrected chi connectivity index (χ3v) is 3.21. The van der Waals surface area contributed by atoms with Crippen LogP contribution in [0.1, 0.15) is 40.6 Å². The number of hydrogen-bond donors (Lipinski definition) is 1. The van der Waals surface area contributed by atoms with Crippen molar-refractivity contribution in [2.45, 2.75) is 24.9 Å². The SMILES string of the molecule is O=C(O)c1nc(C2CC2)c2cc(C(F)(F)F)ccc2n1. The summed E-state index contributed by atoms with van der Waals surface area (Å²) in [5, 5.41) is 9.23. The van der Waals surface area contributed by atoms with Crippen LogP contribution in [-0.2, 0) is 6.18 Å². The van der Waals surface area contributed by atoms with Gasteiger partial charge in [0.05, 0.1) is 16.8 Å². The Hall–Kier alpha value is -2.18. The monoisotopic (exact) mass is 282 g/mol. The average molecular weight is 282 g/mol. The molecule has 1 aliphatic carbocycles. The van der Waals surface area contributed by atoms with Gasteiger partial charge in [0.1, 0.15) is 0 Å². The van der Waals surface area contributed by atoms with Crippen LogP contribution in [0.25, 0.3) is 10.9 Å². The molecule has 0 saturated heterocycles. The number of rotatable bonds is 2. The van der Waals surface area contributed by atoms with Crippen molar-refractivity contribution >= 4 is 16.9 Å². The maximum absolute atomic E-state index is 12.7. The smallest absolute Gasteiger partial charge is 0.416 e. The predicted octanol–water partition coefficient (Wildman–Crippen LogP) is 3.22. The van der Waals surface area contributed by atoms with Crippen molar-refractivity contribution < 1.29 is 23.1 Å². The van der Waals surface area contributed by atoms with Crippen LogP contribution in [-0.4, -0.2) is 21.0 Å². The summed E-state index contributed by atoms with van der Waals surface area (Å²) in [6.45, 7) is 0. The largest absolute Gasteiger partial charge is 0.475 e. The number of aromatic carboxylic acids is 1. The zero-order valence-electron chi connectivity index (χ0n) is 10.1. The van der Waals surface area contributed by atoms with Crippen molar-refractivity contribution in [3.63, 3.8) is 0 Å². The van der Waals surface area contributed by atoms with Crippen molar-refractivity contribution in [2.24, 2.45) is 0 Å². The zero-order valence-corrected chi connectivity index (χ0v) is 10.1. The highest BCUT2D eigenvalue weighted by Crippen LogP contribution is 2.42. The highest BCUT2D eigenvalue weighted by molar-refractivity contribution is 5.89. The first-order valence-corrected chi connectivity index (χ1v) is 5.98. The molecule has 1 aliphatic rings. The van der Waals surface area contributed by atoms with Gasteiger partial charge in [0.25, 0.3) is 0 Å². The second-order valence-corrected chi connectivity index (χ2v) is 4.74. The molecule has 20 heavy (non-hydrogen) atoms. The number of aromatic nitrogens is 2. The van der Waals surface area contributed by atoms with E-state index in [9.17, 15) is 18.0 Å². The second-order valence-electron chi connectivity index (χ2n) is 4.74. The molecule has 3 rings (SSSR count). The van der Waals surface area contributed by atoms with Gasteiger partial charge < -0.3 is 5.11 Å². The molecule has 2 aromatic rings. The lowest BCUT2D eigenvalue weighted by molar-refractivity contribution is -0.137. The van der Waals surface area contributed by atoms with Crippen molar-refractivity contribution in [3.8, 4) is 0 Å². The first-order chi connectivity index (χ1) is 9.36. The molecule has 4 nitrogen and oxygen atoms in total. The van der Waals surface area contributed by atoms with E-state index >= 15 is 0 Å². The van der Waals surface area contributed by atoms with Crippen LogP contribution in [0.4, 0.5) is 13.2 Å². The number of carboxylic acid groups (broad SMARTS) is 1. The first-order valence-electron chi connectivity index (χ1n) is 5.98. The zero-order chi connectivity index (χ0) is 14.5. The Morgan fingerprint density at radius 1 is 1.25 bits per heavy atom. The Morgan fingerprint density at radius 3 is 2.50 bits per heavy atom. The van der Waals surface area contributed by atoms with Gasteiger partial charge >= 0.3 is 12.1 Å². The molecule has 1 fully saturated rings. The van der Waals surface area contributed by atoms with Crippen LogP contribution in [0.15, 0.2) is 18.2 Å². The van der Waals surface area contributed by atoms with Crippen LogP contribution in [0.5, 0.6) is 0 Å². The van der Waals surface area contributed by atoms with Gasteiger partial charge in [0, 0.05) is 11.3 Å². The standard InChI is InChI=1S/C13H9F3N2O2/c14-13(15,16)7-3-4-9-8(5-7)10(6-1-2-6)18-11(17-9)12(19)20/h3-6H,1-2H2,(H,19,20). The van der Waals surface area contributed by atoms with Gasteiger partial charge in [-0.05, 0) is 31.0 Å². The Morgan fingerprint density at radius 2 is 1.95 bits per heavy atom. The molecule has 7 heteroatoms. The minimum Gasteiger partial charge on any atom is -0.475 e. The van der Waals surface area contributed by atoms with E-state index in [0.717, 1.165) is 25.0 Å². The summed E-state index contributed by atoms with van der Waals surface area (Å²) < 4.78 is 38.2. The number of nitrogens with zero attached hydrogens (tertiary/aromatic N) is 2. The summed E-state index contributed by atoms with van der Waals surface area (Å²) in [7, 11) is 0. The van der Waals surface area contributed by atoms with Crippen molar-refractivity contribution in [2.75, 3.05) is 0 Å². The molecule has 0 radical (unpaired) electrons. The number of fused-ring (bicyclic) bond motifs is 1. The quantitative estimate of drug-likeness (QED) is 0.918. The van der Waals surface area contributed by atoms with Crippen LogP contribution >= 0.6 is 0 Å². The fourth-order valence-corrected chi connectivity index (χ4v) is 2.09. The van der Waals surface area contributed by atoms with E-state index in [1.165, 1.54) is 6.07 Å². The summed E-state index contributed by atoms with van der Waals surface area (Å²) in [6, 6.07) is 3.09. The summed E-state index contributed by atoms with van der Waals surface area (Å²) in [5.41, 5.74) is -0.149. The van der Waals surface area contributed by atoms with Crippen molar-refractivity contribution in [1.29, 1.82) is 0 Å². The molecule has 0 unspecified atom stereocenters. The van der Waals surface area contributed by atoms with E-state index in [0.29, 0.717) is 5.69 Å². The summed E-state index contributed by atoms with van der Waals surface area (Å²) in [5.74, 6) is -1.63. The van der Waals surface area contributed by atoms with Gasteiger partial charge in [-0.3, -0.25) is 0 Å². The Balaban J connectivity index is 2.25. The van der Waals surface area contributed by atoms with Gasteiger partial charge in [-0.2, -0.15) is 13.2 Å². The minimum atomic E-state index is -4.44. The van der Waals surface area contributed by atoms with Gasteiger partial charge in [-0.25, -0.2) is 14.8 Å². The third kappa shape index (κ3) is 2.19. The van der Waals surface area contributed by atoms with Gasteiger partial charge in [0.2, 0.25) is 5.82 Å². The van der Waals surface area contributed by atoms with Crippen molar-refractivity contribution in [3.05, 3.63) is 35.3 Å². The summed E-state index contributed by atoms with van der Waals surface area (Å²) in [4.78, 5) is 18.7. The second kappa shape index (κ2) is 4.16. The molecule has 1 saturated carbocycles. The highest BCUT2D eigenvalue weighted by atomic mass is 19.4. The molecule has 0 amide bonds. The molecule has 104 valence electrons. The minimum absolute atomic E-state index is 0.0297. The first kappa shape index (κ1) is 12.8. The molecule has 0 spiro atoms. The Bertz CT molecular complexity index is 709. The molecular weight excluding hydrogens is 273 g/mol. The van der Waals surface area contributed by atoms with E-state index in [2.05, 4.69) is 9.97 Å². The molecule has 0 bridgehead atoms. The summed E-state index contributed by atoms with van der Waals surface area (Å²) in [6.07, 6.45) is -2.83.